The number of rotatable bonds is 7. The van der Waals surface area contributed by atoms with Gasteiger partial charge in [-0.1, -0.05) is 25.1 Å². The summed E-state index contributed by atoms with van der Waals surface area (Å²) in [5.41, 5.74) is 1.06. The van der Waals surface area contributed by atoms with Crippen molar-refractivity contribution in [2.24, 2.45) is 0 Å². The summed E-state index contributed by atoms with van der Waals surface area (Å²) in [6.45, 7) is 4.33. The van der Waals surface area contributed by atoms with Crippen molar-refractivity contribution in [1.82, 2.24) is 10.3 Å². The molecule has 1 aromatic carbocycles. The van der Waals surface area contributed by atoms with Crippen LogP contribution in [0, 0.1) is 0 Å². The number of hydrogen-bond donors (Lipinski definition) is 1. The maximum absolute atomic E-state index is 6.32. The zero-order chi connectivity index (χ0) is 14.5. The molecule has 1 aliphatic carbocycles. The van der Waals surface area contributed by atoms with E-state index < -0.39 is 0 Å². The Morgan fingerprint density at radius 1 is 1.24 bits per heavy atom. The third-order valence-electron chi connectivity index (χ3n) is 4.35. The topological polar surface area (TPSA) is 34.1 Å². The Morgan fingerprint density at radius 2 is 2.10 bits per heavy atom. The average Bonchev–Trinajstić information content (AvgIpc) is 2.48. The van der Waals surface area contributed by atoms with Gasteiger partial charge in [-0.25, -0.2) is 0 Å². The molecule has 0 spiro atoms. The number of hydrogen-bond acceptors (Lipinski definition) is 3. The van der Waals surface area contributed by atoms with Gasteiger partial charge in [0.05, 0.1) is 11.7 Å². The largest absolute Gasteiger partial charge is 0.486 e. The first-order valence-electron chi connectivity index (χ1n) is 8.06. The van der Waals surface area contributed by atoms with Gasteiger partial charge in [0.25, 0.3) is 0 Å². The molecule has 1 N–H and O–H groups in total. The van der Waals surface area contributed by atoms with Crippen molar-refractivity contribution in [2.75, 3.05) is 13.1 Å². The molecule has 0 atom stereocenters. The van der Waals surface area contributed by atoms with Crippen molar-refractivity contribution in [3.8, 4) is 5.75 Å². The average molecular weight is 284 g/mol. The van der Waals surface area contributed by atoms with Crippen LogP contribution in [0.4, 0.5) is 0 Å². The molecule has 0 saturated heterocycles. The van der Waals surface area contributed by atoms with Crippen molar-refractivity contribution < 1.29 is 4.74 Å². The Hall–Kier alpha value is -1.61. The lowest BCUT2D eigenvalue weighted by Gasteiger charge is -2.42. The van der Waals surface area contributed by atoms with E-state index in [9.17, 15) is 0 Å². The van der Waals surface area contributed by atoms with E-state index in [1.54, 1.807) is 0 Å². The molecular weight excluding hydrogens is 260 g/mol. The second kappa shape index (κ2) is 6.44. The van der Waals surface area contributed by atoms with Crippen molar-refractivity contribution in [3.05, 3.63) is 36.5 Å². The fourth-order valence-electron chi connectivity index (χ4n) is 2.95. The summed E-state index contributed by atoms with van der Waals surface area (Å²) in [5, 5.41) is 4.63. The number of benzene rings is 1. The highest BCUT2D eigenvalue weighted by molar-refractivity contribution is 5.79. The van der Waals surface area contributed by atoms with Gasteiger partial charge in [-0.2, -0.15) is 0 Å². The molecule has 1 saturated carbocycles. The van der Waals surface area contributed by atoms with Crippen LogP contribution in [0.5, 0.6) is 5.75 Å². The van der Waals surface area contributed by atoms with E-state index in [2.05, 4.69) is 29.4 Å². The third-order valence-corrected chi connectivity index (χ3v) is 4.35. The highest BCUT2D eigenvalue weighted by Gasteiger charge is 2.38. The van der Waals surface area contributed by atoms with Crippen LogP contribution in [-0.4, -0.2) is 23.7 Å². The molecule has 2 aromatic rings. The van der Waals surface area contributed by atoms with Crippen molar-refractivity contribution >= 4 is 10.9 Å². The number of pyridine rings is 1. The van der Waals surface area contributed by atoms with Crippen LogP contribution in [-0.2, 0) is 0 Å². The van der Waals surface area contributed by atoms with Gasteiger partial charge in [-0.05, 0) is 57.3 Å². The van der Waals surface area contributed by atoms with Crippen LogP contribution < -0.4 is 10.1 Å². The number of para-hydroxylation sites is 1. The molecule has 0 unspecified atom stereocenters. The standard InChI is InChI=1S/C18H24N2O/c1-2-11-19-12-10-18(8-5-9-18)21-16-13-15-6-3-4-7-17(15)20-14-16/h3-4,6-7,13-14,19H,2,5,8-12H2,1H3. The molecule has 1 heterocycles. The number of nitrogens with zero attached hydrogens (tertiary/aromatic N) is 1. The molecule has 112 valence electrons. The zero-order valence-corrected chi connectivity index (χ0v) is 12.8. The predicted octanol–water partition coefficient (Wildman–Crippen LogP) is 3.93. The smallest absolute Gasteiger partial charge is 0.139 e. The Balaban J connectivity index is 1.67. The number of nitrogens with one attached hydrogen (secondary N) is 1. The van der Waals surface area contributed by atoms with E-state index in [0.717, 1.165) is 49.0 Å². The van der Waals surface area contributed by atoms with Gasteiger partial charge in [-0.3, -0.25) is 4.98 Å². The summed E-state index contributed by atoms with van der Waals surface area (Å²) < 4.78 is 6.32. The molecule has 21 heavy (non-hydrogen) atoms. The highest BCUT2D eigenvalue weighted by atomic mass is 16.5. The van der Waals surface area contributed by atoms with Crippen LogP contribution in [0.3, 0.4) is 0 Å². The summed E-state index contributed by atoms with van der Waals surface area (Å²) in [6.07, 6.45) is 7.72. The van der Waals surface area contributed by atoms with Crippen LogP contribution >= 0.6 is 0 Å². The highest BCUT2D eigenvalue weighted by Crippen LogP contribution is 2.39. The summed E-state index contributed by atoms with van der Waals surface area (Å²) >= 11 is 0. The van der Waals surface area contributed by atoms with Crippen molar-refractivity contribution in [3.63, 3.8) is 0 Å². The first-order valence-corrected chi connectivity index (χ1v) is 8.06. The zero-order valence-electron chi connectivity index (χ0n) is 12.8. The Bertz CT molecular complexity index is 593. The van der Waals surface area contributed by atoms with Crippen molar-refractivity contribution in [2.45, 2.75) is 44.6 Å². The fourth-order valence-corrected chi connectivity index (χ4v) is 2.95. The minimum Gasteiger partial charge on any atom is -0.486 e. The molecule has 0 radical (unpaired) electrons. The number of aromatic nitrogens is 1. The van der Waals surface area contributed by atoms with Gasteiger partial charge >= 0.3 is 0 Å². The van der Waals surface area contributed by atoms with Gasteiger partial charge in [0.15, 0.2) is 0 Å². The fraction of sp³-hybridized carbons (Fsp3) is 0.500. The van der Waals surface area contributed by atoms with Gasteiger partial charge in [-0.15, -0.1) is 0 Å². The Labute approximate surface area is 126 Å². The first-order chi connectivity index (χ1) is 10.3. The van der Waals surface area contributed by atoms with E-state index in [1.807, 2.05) is 24.4 Å². The number of fused-ring (bicyclic) bond motifs is 1. The minimum atomic E-state index is 0.0326. The van der Waals surface area contributed by atoms with Crippen LogP contribution in [0.1, 0.15) is 39.0 Å². The van der Waals surface area contributed by atoms with Crippen LogP contribution in [0.15, 0.2) is 36.5 Å². The third kappa shape index (κ3) is 3.35. The lowest BCUT2D eigenvalue weighted by atomic mass is 9.77. The minimum absolute atomic E-state index is 0.0326. The summed E-state index contributed by atoms with van der Waals surface area (Å²) in [6, 6.07) is 10.3. The monoisotopic (exact) mass is 284 g/mol. The first kappa shape index (κ1) is 14.3. The predicted molar refractivity (Wildman–Crippen MR) is 86.7 cm³/mol. The molecule has 0 aliphatic heterocycles. The Kier molecular flexibility index (Phi) is 4.39. The van der Waals surface area contributed by atoms with Gasteiger partial charge < -0.3 is 10.1 Å². The second-order valence-corrected chi connectivity index (χ2v) is 6.00. The molecule has 3 heteroatoms. The van der Waals surface area contributed by atoms with Gasteiger partial charge in [0.1, 0.15) is 11.4 Å². The van der Waals surface area contributed by atoms with Crippen LogP contribution in [0.2, 0.25) is 0 Å². The van der Waals surface area contributed by atoms with Gasteiger partial charge in [0.2, 0.25) is 0 Å². The lowest BCUT2D eigenvalue weighted by Crippen LogP contribution is -2.45. The quantitative estimate of drug-likeness (QED) is 0.782. The molecule has 0 amide bonds. The molecular formula is C18H24N2O. The van der Waals surface area contributed by atoms with Gasteiger partial charge in [0, 0.05) is 5.39 Å². The lowest BCUT2D eigenvalue weighted by molar-refractivity contribution is -0.0143. The molecule has 0 bridgehead atoms. The maximum atomic E-state index is 6.32. The summed E-state index contributed by atoms with van der Waals surface area (Å²) in [7, 11) is 0. The summed E-state index contributed by atoms with van der Waals surface area (Å²) in [5.74, 6) is 0.906. The van der Waals surface area contributed by atoms with E-state index in [0.29, 0.717) is 0 Å². The van der Waals surface area contributed by atoms with E-state index in [4.69, 9.17) is 4.74 Å². The second-order valence-electron chi connectivity index (χ2n) is 6.00. The molecule has 3 rings (SSSR count). The summed E-state index contributed by atoms with van der Waals surface area (Å²) in [4.78, 5) is 4.49. The molecule has 3 nitrogen and oxygen atoms in total. The number of ether oxygens (including phenoxy) is 1. The Morgan fingerprint density at radius 3 is 2.86 bits per heavy atom. The van der Waals surface area contributed by atoms with E-state index in [1.165, 1.54) is 12.8 Å². The SMILES string of the molecule is CCCNCCC1(Oc2cnc3ccccc3c2)CCC1. The van der Waals surface area contributed by atoms with E-state index in [-0.39, 0.29) is 5.60 Å². The normalized spacial score (nSPS) is 16.6. The molecule has 1 aromatic heterocycles. The molecule has 1 fully saturated rings. The molecule has 1 aliphatic rings. The van der Waals surface area contributed by atoms with E-state index >= 15 is 0 Å². The maximum Gasteiger partial charge on any atom is 0.139 e. The van der Waals surface area contributed by atoms with Crippen molar-refractivity contribution in [1.29, 1.82) is 0 Å². The van der Waals surface area contributed by atoms with Crippen LogP contribution in [0.25, 0.3) is 10.9 Å².